The molecule has 1 fully saturated rings. The average molecular weight is 292 g/mol. The van der Waals surface area contributed by atoms with Gasteiger partial charge in [0.1, 0.15) is 11.5 Å². The first-order valence-electron chi connectivity index (χ1n) is 7.95. The Kier molecular flexibility index (Phi) is 6.33. The summed E-state index contributed by atoms with van der Waals surface area (Å²) < 4.78 is 11.1. The Morgan fingerprint density at radius 1 is 1.00 bits per heavy atom. The Bertz CT molecular complexity index is 443. The Morgan fingerprint density at radius 2 is 1.57 bits per heavy atom. The van der Waals surface area contributed by atoms with Crippen molar-refractivity contribution in [1.29, 1.82) is 0 Å². The molecule has 4 heteroatoms. The van der Waals surface area contributed by atoms with Gasteiger partial charge in [-0.3, -0.25) is 0 Å². The summed E-state index contributed by atoms with van der Waals surface area (Å²) in [4.78, 5) is 2.50. The molecule has 0 radical (unpaired) electrons. The summed E-state index contributed by atoms with van der Waals surface area (Å²) in [5, 5.41) is 3.39. The maximum absolute atomic E-state index is 5.59. The van der Waals surface area contributed by atoms with Crippen molar-refractivity contribution in [3.63, 3.8) is 0 Å². The maximum Gasteiger partial charge on any atom is 0.122 e. The zero-order valence-electron chi connectivity index (χ0n) is 13.6. The fourth-order valence-electron chi connectivity index (χ4n) is 2.90. The van der Waals surface area contributed by atoms with E-state index in [2.05, 4.69) is 29.3 Å². The first-order chi connectivity index (χ1) is 10.3. The van der Waals surface area contributed by atoms with Gasteiger partial charge in [-0.05, 0) is 36.1 Å². The number of rotatable bonds is 7. The van der Waals surface area contributed by atoms with Crippen molar-refractivity contribution < 1.29 is 9.47 Å². The molecular formula is C17H28N2O2. The molecule has 0 saturated carbocycles. The topological polar surface area (TPSA) is 33.7 Å². The maximum atomic E-state index is 5.59. The molecule has 0 unspecified atom stereocenters. The minimum absolute atomic E-state index is 0.993. The molecule has 21 heavy (non-hydrogen) atoms. The predicted octanol–water partition coefficient (Wildman–Crippen LogP) is 2.10. The molecule has 1 heterocycles. The lowest BCUT2D eigenvalue weighted by atomic mass is 10.0. The van der Waals surface area contributed by atoms with Gasteiger partial charge in [0.15, 0.2) is 0 Å². The molecule has 1 aliphatic heterocycles. The fraction of sp³-hybridized carbons (Fsp3) is 0.647. The summed E-state index contributed by atoms with van der Waals surface area (Å²) >= 11 is 0. The van der Waals surface area contributed by atoms with Gasteiger partial charge in [0.05, 0.1) is 14.2 Å². The highest BCUT2D eigenvalue weighted by molar-refractivity contribution is 5.46. The quantitative estimate of drug-likeness (QED) is 0.834. The van der Waals surface area contributed by atoms with E-state index in [0.717, 1.165) is 63.5 Å². The van der Waals surface area contributed by atoms with Crippen molar-refractivity contribution in [2.75, 3.05) is 46.9 Å². The summed E-state index contributed by atoms with van der Waals surface area (Å²) in [5.74, 6) is 1.99. The minimum Gasteiger partial charge on any atom is -0.496 e. The minimum atomic E-state index is 0.993. The van der Waals surface area contributed by atoms with Crippen molar-refractivity contribution in [3.05, 3.63) is 23.3 Å². The van der Waals surface area contributed by atoms with Crippen LogP contribution in [0.3, 0.4) is 0 Å². The first-order valence-corrected chi connectivity index (χ1v) is 7.95. The second-order valence-electron chi connectivity index (χ2n) is 5.57. The predicted molar refractivity (Wildman–Crippen MR) is 86.6 cm³/mol. The van der Waals surface area contributed by atoms with E-state index >= 15 is 0 Å². The first kappa shape index (κ1) is 16.1. The van der Waals surface area contributed by atoms with Gasteiger partial charge in [0.25, 0.3) is 0 Å². The van der Waals surface area contributed by atoms with Crippen LogP contribution in [0.5, 0.6) is 11.5 Å². The monoisotopic (exact) mass is 292 g/mol. The van der Waals surface area contributed by atoms with Crippen molar-refractivity contribution in [3.8, 4) is 11.5 Å². The van der Waals surface area contributed by atoms with Crippen molar-refractivity contribution >= 4 is 0 Å². The van der Waals surface area contributed by atoms with Gasteiger partial charge in [-0.2, -0.15) is 0 Å². The highest BCUT2D eigenvalue weighted by Gasteiger charge is 2.14. The second kappa shape index (κ2) is 8.25. The summed E-state index contributed by atoms with van der Waals surface area (Å²) in [6, 6.07) is 4.31. The Labute approximate surface area is 128 Å². The van der Waals surface area contributed by atoms with Crippen LogP contribution < -0.4 is 14.8 Å². The van der Waals surface area contributed by atoms with Crippen LogP contribution in [0, 0.1) is 0 Å². The molecule has 118 valence electrons. The van der Waals surface area contributed by atoms with E-state index in [4.69, 9.17) is 9.47 Å². The van der Waals surface area contributed by atoms with Crippen LogP contribution in [0.25, 0.3) is 0 Å². The van der Waals surface area contributed by atoms with Gasteiger partial charge >= 0.3 is 0 Å². The van der Waals surface area contributed by atoms with Crippen LogP contribution in [0.2, 0.25) is 0 Å². The second-order valence-corrected chi connectivity index (χ2v) is 5.57. The Hall–Kier alpha value is -1.26. The summed E-state index contributed by atoms with van der Waals surface area (Å²) in [5.41, 5.74) is 2.48. The van der Waals surface area contributed by atoms with E-state index in [-0.39, 0.29) is 0 Å². The van der Waals surface area contributed by atoms with Crippen LogP contribution in [0.4, 0.5) is 0 Å². The molecule has 0 spiro atoms. The van der Waals surface area contributed by atoms with Gasteiger partial charge < -0.3 is 19.7 Å². The lowest BCUT2D eigenvalue weighted by Crippen LogP contribution is -2.44. The highest BCUT2D eigenvalue weighted by atomic mass is 16.5. The zero-order chi connectivity index (χ0) is 15.1. The number of methoxy groups -OCH3 is 2. The van der Waals surface area contributed by atoms with Crippen molar-refractivity contribution in [1.82, 2.24) is 10.2 Å². The van der Waals surface area contributed by atoms with Crippen LogP contribution in [0.15, 0.2) is 12.1 Å². The molecule has 1 aromatic carbocycles. The molecule has 1 aromatic rings. The fourth-order valence-corrected chi connectivity index (χ4v) is 2.90. The lowest BCUT2D eigenvalue weighted by Gasteiger charge is -2.27. The Balaban J connectivity index is 2.09. The standard InChI is InChI=1S/C17H28N2O2/c1-4-5-14-12-17(21-3)15(13-16(14)20-2)6-9-19-10-7-18-8-11-19/h12-13,18H,4-11H2,1-3H3. The summed E-state index contributed by atoms with van der Waals surface area (Å²) in [6.07, 6.45) is 3.14. The normalized spacial score (nSPS) is 16.0. The molecule has 4 nitrogen and oxygen atoms in total. The lowest BCUT2D eigenvalue weighted by molar-refractivity contribution is 0.243. The van der Waals surface area contributed by atoms with E-state index in [9.17, 15) is 0 Å². The molecule has 1 aliphatic rings. The number of hydrogen-bond donors (Lipinski definition) is 1. The molecule has 0 amide bonds. The van der Waals surface area contributed by atoms with Crippen molar-refractivity contribution in [2.45, 2.75) is 26.2 Å². The van der Waals surface area contributed by atoms with Gasteiger partial charge in [0.2, 0.25) is 0 Å². The number of aryl methyl sites for hydroxylation is 1. The van der Waals surface area contributed by atoms with E-state index in [0.29, 0.717) is 0 Å². The summed E-state index contributed by atoms with van der Waals surface area (Å²) in [7, 11) is 3.51. The molecule has 1 saturated heterocycles. The number of piperazine rings is 1. The number of nitrogens with zero attached hydrogens (tertiary/aromatic N) is 1. The molecular weight excluding hydrogens is 264 g/mol. The van der Waals surface area contributed by atoms with E-state index in [1.54, 1.807) is 14.2 Å². The van der Waals surface area contributed by atoms with Crippen LogP contribution >= 0.6 is 0 Å². The molecule has 0 bridgehead atoms. The number of ether oxygens (including phenoxy) is 2. The molecule has 0 atom stereocenters. The highest BCUT2D eigenvalue weighted by Crippen LogP contribution is 2.30. The molecule has 0 aliphatic carbocycles. The van der Waals surface area contributed by atoms with E-state index in [1.807, 2.05) is 0 Å². The smallest absolute Gasteiger partial charge is 0.122 e. The van der Waals surface area contributed by atoms with Gasteiger partial charge in [0, 0.05) is 32.7 Å². The SMILES string of the molecule is CCCc1cc(OC)c(CCN2CCNCC2)cc1OC. The number of hydrogen-bond acceptors (Lipinski definition) is 4. The van der Waals surface area contributed by atoms with Gasteiger partial charge in [-0.25, -0.2) is 0 Å². The average Bonchev–Trinajstić information content (AvgIpc) is 2.54. The van der Waals surface area contributed by atoms with E-state index < -0.39 is 0 Å². The third kappa shape index (κ3) is 4.35. The van der Waals surface area contributed by atoms with Crippen LogP contribution in [0.1, 0.15) is 24.5 Å². The van der Waals surface area contributed by atoms with Crippen LogP contribution in [-0.4, -0.2) is 51.8 Å². The third-order valence-electron chi connectivity index (χ3n) is 4.11. The van der Waals surface area contributed by atoms with E-state index in [1.165, 1.54) is 11.1 Å². The van der Waals surface area contributed by atoms with Gasteiger partial charge in [-0.15, -0.1) is 0 Å². The molecule has 2 rings (SSSR count). The number of benzene rings is 1. The molecule has 0 aromatic heterocycles. The molecule has 1 N–H and O–H groups in total. The van der Waals surface area contributed by atoms with Crippen LogP contribution in [-0.2, 0) is 12.8 Å². The number of nitrogens with one attached hydrogen (secondary N) is 1. The third-order valence-corrected chi connectivity index (χ3v) is 4.11. The van der Waals surface area contributed by atoms with Gasteiger partial charge in [-0.1, -0.05) is 13.3 Å². The largest absolute Gasteiger partial charge is 0.496 e. The summed E-state index contributed by atoms with van der Waals surface area (Å²) in [6.45, 7) is 7.71. The Morgan fingerprint density at radius 3 is 2.10 bits per heavy atom. The zero-order valence-corrected chi connectivity index (χ0v) is 13.6. The van der Waals surface area contributed by atoms with Crippen molar-refractivity contribution in [2.24, 2.45) is 0 Å².